The summed E-state index contributed by atoms with van der Waals surface area (Å²) in [6.07, 6.45) is 0.742. The molecule has 0 radical (unpaired) electrons. The van der Waals surface area contributed by atoms with Crippen molar-refractivity contribution >= 4 is 10.0 Å². The predicted octanol–water partition coefficient (Wildman–Crippen LogP) is 2.56. The second-order valence-electron chi connectivity index (χ2n) is 5.16. The van der Waals surface area contributed by atoms with Crippen molar-refractivity contribution in [1.82, 2.24) is 4.72 Å². The topological polar surface area (TPSA) is 68.5 Å². The Morgan fingerprint density at radius 1 is 1.24 bits per heavy atom. The normalized spacial score (nSPS) is 15.5. The molecule has 0 spiro atoms. The molecule has 0 amide bonds. The molecule has 21 heavy (non-hydrogen) atoms. The first-order valence-corrected chi connectivity index (χ1v) is 8.28. The molecule has 2 heterocycles. The van der Waals surface area contributed by atoms with Crippen molar-refractivity contribution in [3.8, 4) is 5.75 Å². The number of hydrogen-bond acceptors (Lipinski definition) is 4. The number of nitrogens with one attached hydrogen (secondary N) is 1. The molecule has 0 aliphatic carbocycles. The third kappa shape index (κ3) is 2.82. The van der Waals surface area contributed by atoms with E-state index in [9.17, 15) is 8.42 Å². The second kappa shape index (κ2) is 5.20. The van der Waals surface area contributed by atoms with Crippen molar-refractivity contribution in [3.05, 3.63) is 47.4 Å². The van der Waals surface area contributed by atoms with Crippen LogP contribution in [0.3, 0.4) is 0 Å². The lowest BCUT2D eigenvalue weighted by Crippen LogP contribution is -2.26. The molecular formula is C15H17NO4S. The van der Waals surface area contributed by atoms with Crippen LogP contribution in [0, 0.1) is 6.92 Å². The van der Waals surface area contributed by atoms with Crippen LogP contribution in [0.5, 0.6) is 5.75 Å². The van der Waals surface area contributed by atoms with Crippen molar-refractivity contribution in [3.63, 3.8) is 0 Å². The second-order valence-corrected chi connectivity index (χ2v) is 6.87. The molecule has 1 aromatic heterocycles. The van der Waals surface area contributed by atoms with Crippen molar-refractivity contribution in [1.29, 1.82) is 0 Å². The highest BCUT2D eigenvalue weighted by atomic mass is 32.2. The lowest BCUT2D eigenvalue weighted by Gasteiger charge is -2.12. The van der Waals surface area contributed by atoms with Crippen LogP contribution in [0.1, 0.15) is 30.0 Å². The number of aryl methyl sites for hydroxylation is 1. The SMILES string of the molecule is Cc1ccc([C@@H](C)NS(=O)(=O)c2ccc3c(c2)CCO3)o1. The quantitative estimate of drug-likeness (QED) is 0.942. The Labute approximate surface area is 124 Å². The monoisotopic (exact) mass is 307 g/mol. The van der Waals surface area contributed by atoms with Gasteiger partial charge < -0.3 is 9.15 Å². The van der Waals surface area contributed by atoms with Gasteiger partial charge in [-0.05, 0) is 49.7 Å². The van der Waals surface area contributed by atoms with Gasteiger partial charge >= 0.3 is 0 Å². The molecule has 112 valence electrons. The van der Waals surface area contributed by atoms with E-state index in [-0.39, 0.29) is 4.90 Å². The summed E-state index contributed by atoms with van der Waals surface area (Å²) < 4.78 is 38.3. The van der Waals surface area contributed by atoms with E-state index in [2.05, 4.69) is 4.72 Å². The van der Waals surface area contributed by atoms with E-state index in [4.69, 9.17) is 9.15 Å². The van der Waals surface area contributed by atoms with E-state index in [1.165, 1.54) is 0 Å². The molecule has 1 N–H and O–H groups in total. The maximum atomic E-state index is 12.4. The summed E-state index contributed by atoms with van der Waals surface area (Å²) in [6, 6.07) is 8.11. The van der Waals surface area contributed by atoms with Gasteiger partial charge in [0.1, 0.15) is 17.3 Å². The lowest BCUT2D eigenvalue weighted by atomic mass is 10.2. The maximum Gasteiger partial charge on any atom is 0.241 e. The van der Waals surface area contributed by atoms with Crippen LogP contribution in [-0.2, 0) is 16.4 Å². The number of sulfonamides is 1. The summed E-state index contributed by atoms with van der Waals surface area (Å²) >= 11 is 0. The van der Waals surface area contributed by atoms with Crippen molar-refractivity contribution in [2.24, 2.45) is 0 Å². The van der Waals surface area contributed by atoms with Crippen LogP contribution in [0.2, 0.25) is 0 Å². The zero-order valence-corrected chi connectivity index (χ0v) is 12.7. The van der Waals surface area contributed by atoms with Gasteiger partial charge in [-0.3, -0.25) is 0 Å². The van der Waals surface area contributed by atoms with Gasteiger partial charge in [-0.2, -0.15) is 0 Å². The summed E-state index contributed by atoms with van der Waals surface area (Å²) in [4.78, 5) is 0.252. The summed E-state index contributed by atoms with van der Waals surface area (Å²) in [5.74, 6) is 2.12. The molecule has 5 nitrogen and oxygen atoms in total. The van der Waals surface area contributed by atoms with Crippen LogP contribution in [-0.4, -0.2) is 15.0 Å². The summed E-state index contributed by atoms with van der Waals surface area (Å²) in [5.41, 5.74) is 0.930. The van der Waals surface area contributed by atoms with Crippen LogP contribution in [0.4, 0.5) is 0 Å². The van der Waals surface area contributed by atoms with Crippen molar-refractivity contribution < 1.29 is 17.6 Å². The lowest BCUT2D eigenvalue weighted by molar-refractivity contribution is 0.356. The number of fused-ring (bicyclic) bond motifs is 1. The third-order valence-electron chi connectivity index (χ3n) is 3.49. The molecule has 1 aromatic carbocycles. The van der Waals surface area contributed by atoms with Crippen LogP contribution < -0.4 is 9.46 Å². The molecule has 2 aromatic rings. The van der Waals surface area contributed by atoms with E-state index < -0.39 is 16.1 Å². The van der Waals surface area contributed by atoms with E-state index in [1.807, 2.05) is 13.0 Å². The first-order valence-electron chi connectivity index (χ1n) is 6.80. The number of hydrogen-bond donors (Lipinski definition) is 1. The molecular weight excluding hydrogens is 290 g/mol. The fraction of sp³-hybridized carbons (Fsp3) is 0.333. The Morgan fingerprint density at radius 3 is 2.76 bits per heavy atom. The summed E-state index contributed by atoms with van der Waals surface area (Å²) in [5, 5.41) is 0. The maximum absolute atomic E-state index is 12.4. The molecule has 1 atom stereocenters. The number of furan rings is 1. The van der Waals surface area contributed by atoms with E-state index in [0.717, 1.165) is 23.5 Å². The number of rotatable bonds is 4. The molecule has 0 unspecified atom stereocenters. The fourth-order valence-electron chi connectivity index (χ4n) is 2.38. The highest BCUT2D eigenvalue weighted by molar-refractivity contribution is 7.89. The van der Waals surface area contributed by atoms with Gasteiger partial charge in [0.25, 0.3) is 0 Å². The van der Waals surface area contributed by atoms with E-state index in [1.54, 1.807) is 31.2 Å². The highest BCUT2D eigenvalue weighted by Gasteiger charge is 2.22. The highest BCUT2D eigenvalue weighted by Crippen LogP contribution is 2.28. The van der Waals surface area contributed by atoms with Gasteiger partial charge in [-0.15, -0.1) is 0 Å². The summed E-state index contributed by atoms with van der Waals surface area (Å²) in [7, 11) is -3.59. The largest absolute Gasteiger partial charge is 0.493 e. The fourth-order valence-corrected chi connectivity index (χ4v) is 3.64. The van der Waals surface area contributed by atoms with Gasteiger partial charge in [-0.25, -0.2) is 13.1 Å². The third-order valence-corrected chi connectivity index (χ3v) is 5.03. The van der Waals surface area contributed by atoms with E-state index in [0.29, 0.717) is 12.4 Å². The Morgan fingerprint density at radius 2 is 2.05 bits per heavy atom. The Balaban J connectivity index is 1.83. The van der Waals surface area contributed by atoms with Crippen molar-refractivity contribution in [2.45, 2.75) is 31.2 Å². The van der Waals surface area contributed by atoms with Gasteiger partial charge in [0.2, 0.25) is 10.0 Å². The molecule has 6 heteroatoms. The smallest absolute Gasteiger partial charge is 0.241 e. The molecule has 1 aliphatic heterocycles. The minimum absolute atomic E-state index is 0.252. The average molecular weight is 307 g/mol. The minimum atomic E-state index is -3.59. The van der Waals surface area contributed by atoms with Crippen LogP contribution >= 0.6 is 0 Å². The molecule has 0 saturated heterocycles. The molecule has 0 fully saturated rings. The van der Waals surface area contributed by atoms with E-state index >= 15 is 0 Å². The number of benzene rings is 1. The number of ether oxygens (including phenoxy) is 1. The Kier molecular flexibility index (Phi) is 3.51. The first-order chi connectivity index (χ1) is 9.95. The molecule has 0 bridgehead atoms. The molecule has 1 aliphatic rings. The van der Waals surface area contributed by atoms with Gasteiger partial charge in [0.15, 0.2) is 0 Å². The molecule has 3 rings (SSSR count). The van der Waals surface area contributed by atoms with Crippen molar-refractivity contribution in [2.75, 3.05) is 6.61 Å². The zero-order chi connectivity index (χ0) is 15.0. The van der Waals surface area contributed by atoms with Crippen LogP contribution in [0.15, 0.2) is 39.6 Å². The Hall–Kier alpha value is -1.79. The Bertz CT molecular complexity index is 764. The van der Waals surface area contributed by atoms with Crippen LogP contribution in [0.25, 0.3) is 0 Å². The molecule has 0 saturated carbocycles. The van der Waals surface area contributed by atoms with Gasteiger partial charge in [0, 0.05) is 6.42 Å². The predicted molar refractivity (Wildman–Crippen MR) is 77.8 cm³/mol. The summed E-state index contributed by atoms with van der Waals surface area (Å²) in [6.45, 7) is 4.19. The zero-order valence-electron chi connectivity index (χ0n) is 11.9. The standard InChI is InChI=1S/C15H17NO4S/c1-10-3-5-14(20-10)11(2)16-21(17,18)13-4-6-15-12(9-13)7-8-19-15/h3-6,9,11,16H,7-8H2,1-2H3/t11-/m1/s1. The average Bonchev–Trinajstić information content (AvgIpc) is 3.05. The first kappa shape index (κ1) is 14.2. The minimum Gasteiger partial charge on any atom is -0.493 e. The van der Waals surface area contributed by atoms with Gasteiger partial charge in [-0.1, -0.05) is 0 Å². The van der Waals surface area contributed by atoms with Gasteiger partial charge in [0.05, 0.1) is 17.5 Å².